The van der Waals surface area contributed by atoms with E-state index in [1.807, 2.05) is 17.3 Å². The van der Waals surface area contributed by atoms with Gasteiger partial charge in [-0.1, -0.05) is 0 Å². The Labute approximate surface area is 141 Å². The van der Waals surface area contributed by atoms with Crippen LogP contribution in [0.5, 0.6) is 0 Å². The zero-order valence-corrected chi connectivity index (χ0v) is 13.6. The highest BCUT2D eigenvalue weighted by molar-refractivity contribution is 5.92. The number of carbonyl (C=O) groups excluding carboxylic acids is 1. The average Bonchev–Trinajstić information content (AvgIpc) is 3.04. The van der Waals surface area contributed by atoms with E-state index < -0.39 is 0 Å². The predicted octanol–water partition coefficient (Wildman–Crippen LogP) is 1.47. The smallest absolute Gasteiger partial charge is 0.274 e. The van der Waals surface area contributed by atoms with Crippen LogP contribution in [0.1, 0.15) is 22.5 Å². The van der Waals surface area contributed by atoms with Crippen molar-refractivity contribution in [1.82, 2.24) is 24.8 Å². The SMILES string of the molecule is O=C(c1cnccn1)N1CC[C@H]2CN(Cc3ccncc3)C[C@H]2C1. The van der Waals surface area contributed by atoms with Crippen molar-refractivity contribution in [2.75, 3.05) is 26.2 Å². The quantitative estimate of drug-likeness (QED) is 0.856. The number of likely N-dealkylation sites (tertiary alicyclic amines) is 2. The summed E-state index contributed by atoms with van der Waals surface area (Å²) >= 11 is 0. The largest absolute Gasteiger partial charge is 0.337 e. The molecule has 0 aliphatic carbocycles. The van der Waals surface area contributed by atoms with Crippen LogP contribution >= 0.6 is 0 Å². The van der Waals surface area contributed by atoms with Crippen LogP contribution in [0.25, 0.3) is 0 Å². The highest BCUT2D eigenvalue weighted by Crippen LogP contribution is 2.32. The molecule has 0 saturated carbocycles. The number of fused-ring (bicyclic) bond motifs is 1. The molecule has 6 nitrogen and oxygen atoms in total. The molecule has 0 bridgehead atoms. The van der Waals surface area contributed by atoms with Gasteiger partial charge in [-0.05, 0) is 36.0 Å². The molecule has 2 aliphatic heterocycles. The van der Waals surface area contributed by atoms with Crippen LogP contribution in [-0.4, -0.2) is 56.8 Å². The first kappa shape index (κ1) is 15.2. The maximum Gasteiger partial charge on any atom is 0.274 e. The monoisotopic (exact) mass is 323 g/mol. The molecule has 0 unspecified atom stereocenters. The summed E-state index contributed by atoms with van der Waals surface area (Å²) in [5.74, 6) is 1.26. The van der Waals surface area contributed by atoms with Crippen molar-refractivity contribution in [2.45, 2.75) is 13.0 Å². The second kappa shape index (κ2) is 6.65. The van der Waals surface area contributed by atoms with E-state index in [9.17, 15) is 4.79 Å². The Balaban J connectivity index is 1.38. The first-order valence-corrected chi connectivity index (χ1v) is 8.46. The van der Waals surface area contributed by atoms with Crippen molar-refractivity contribution in [1.29, 1.82) is 0 Å². The van der Waals surface area contributed by atoms with Gasteiger partial charge in [-0.25, -0.2) is 4.98 Å². The fourth-order valence-corrected chi connectivity index (χ4v) is 3.90. The van der Waals surface area contributed by atoms with Gasteiger partial charge in [-0.2, -0.15) is 0 Å². The summed E-state index contributed by atoms with van der Waals surface area (Å²) in [5.41, 5.74) is 1.75. The minimum atomic E-state index is 0.00846. The molecule has 6 heteroatoms. The van der Waals surface area contributed by atoms with Crippen molar-refractivity contribution in [3.05, 3.63) is 54.4 Å². The topological polar surface area (TPSA) is 62.2 Å². The normalized spacial score (nSPS) is 23.9. The Hall–Kier alpha value is -2.34. The third-order valence-electron chi connectivity index (χ3n) is 5.10. The number of amides is 1. The van der Waals surface area contributed by atoms with Gasteiger partial charge in [0.2, 0.25) is 0 Å². The molecule has 0 radical (unpaired) electrons. The Morgan fingerprint density at radius 2 is 1.88 bits per heavy atom. The van der Waals surface area contributed by atoms with Gasteiger partial charge in [0.25, 0.3) is 5.91 Å². The summed E-state index contributed by atoms with van der Waals surface area (Å²) in [4.78, 5) is 29.2. The molecule has 2 saturated heterocycles. The molecule has 0 aromatic carbocycles. The van der Waals surface area contributed by atoms with E-state index in [0.717, 1.165) is 39.1 Å². The van der Waals surface area contributed by atoms with Crippen molar-refractivity contribution < 1.29 is 4.79 Å². The van der Waals surface area contributed by atoms with Gasteiger partial charge in [-0.15, -0.1) is 0 Å². The van der Waals surface area contributed by atoms with E-state index in [-0.39, 0.29) is 5.91 Å². The van der Waals surface area contributed by atoms with E-state index in [1.54, 1.807) is 18.6 Å². The van der Waals surface area contributed by atoms with Crippen LogP contribution in [0.4, 0.5) is 0 Å². The molecule has 124 valence electrons. The van der Waals surface area contributed by atoms with Crippen LogP contribution in [0.3, 0.4) is 0 Å². The predicted molar refractivity (Wildman–Crippen MR) is 89.0 cm³/mol. The highest BCUT2D eigenvalue weighted by Gasteiger charge is 2.38. The van der Waals surface area contributed by atoms with Gasteiger partial charge >= 0.3 is 0 Å². The molecular formula is C18H21N5O. The number of hydrogen-bond acceptors (Lipinski definition) is 5. The third-order valence-corrected chi connectivity index (χ3v) is 5.10. The van der Waals surface area contributed by atoms with Crippen LogP contribution in [-0.2, 0) is 6.54 Å². The van der Waals surface area contributed by atoms with Gasteiger partial charge < -0.3 is 4.90 Å². The minimum absolute atomic E-state index is 0.00846. The summed E-state index contributed by atoms with van der Waals surface area (Å²) in [6, 6.07) is 4.15. The molecule has 0 N–H and O–H groups in total. The number of aromatic nitrogens is 3. The van der Waals surface area contributed by atoms with Crippen LogP contribution in [0.15, 0.2) is 43.1 Å². The summed E-state index contributed by atoms with van der Waals surface area (Å²) in [6.07, 6.45) is 9.49. The first-order chi connectivity index (χ1) is 11.8. The molecule has 0 spiro atoms. The van der Waals surface area contributed by atoms with Gasteiger partial charge in [0.05, 0.1) is 6.20 Å². The van der Waals surface area contributed by atoms with Crippen LogP contribution < -0.4 is 0 Å². The summed E-state index contributed by atoms with van der Waals surface area (Å²) in [5, 5.41) is 0. The van der Waals surface area contributed by atoms with Crippen molar-refractivity contribution >= 4 is 5.91 Å². The molecule has 2 aromatic rings. The lowest BCUT2D eigenvalue weighted by Crippen LogP contribution is -2.43. The maximum atomic E-state index is 12.6. The molecular weight excluding hydrogens is 302 g/mol. The number of hydrogen-bond donors (Lipinski definition) is 0. The van der Waals surface area contributed by atoms with Gasteiger partial charge in [0.15, 0.2) is 0 Å². The number of nitrogens with zero attached hydrogens (tertiary/aromatic N) is 5. The number of pyridine rings is 1. The molecule has 2 atom stereocenters. The summed E-state index contributed by atoms with van der Waals surface area (Å²) in [6.45, 7) is 4.79. The molecule has 2 aromatic heterocycles. The fourth-order valence-electron chi connectivity index (χ4n) is 3.90. The molecule has 24 heavy (non-hydrogen) atoms. The van der Waals surface area contributed by atoms with E-state index in [0.29, 0.717) is 17.5 Å². The molecule has 4 heterocycles. The summed E-state index contributed by atoms with van der Waals surface area (Å²) < 4.78 is 0. The van der Waals surface area contributed by atoms with E-state index in [4.69, 9.17) is 0 Å². The molecule has 2 fully saturated rings. The molecule has 4 rings (SSSR count). The molecule has 1 amide bonds. The summed E-state index contributed by atoms with van der Waals surface area (Å²) in [7, 11) is 0. The van der Waals surface area contributed by atoms with Gasteiger partial charge in [0.1, 0.15) is 5.69 Å². The van der Waals surface area contributed by atoms with Gasteiger partial charge in [-0.3, -0.25) is 19.7 Å². The lowest BCUT2D eigenvalue weighted by Gasteiger charge is -2.34. The van der Waals surface area contributed by atoms with Crippen molar-refractivity contribution in [2.24, 2.45) is 11.8 Å². The minimum Gasteiger partial charge on any atom is -0.337 e. The number of carbonyl (C=O) groups is 1. The highest BCUT2D eigenvalue weighted by atomic mass is 16.2. The number of piperidine rings is 1. The Morgan fingerprint density at radius 1 is 1.04 bits per heavy atom. The van der Waals surface area contributed by atoms with E-state index >= 15 is 0 Å². The van der Waals surface area contributed by atoms with Crippen molar-refractivity contribution in [3.8, 4) is 0 Å². The van der Waals surface area contributed by atoms with Crippen molar-refractivity contribution in [3.63, 3.8) is 0 Å². The molecule has 2 aliphatic rings. The van der Waals surface area contributed by atoms with Crippen LogP contribution in [0.2, 0.25) is 0 Å². The lowest BCUT2D eigenvalue weighted by atomic mass is 9.88. The fraction of sp³-hybridized carbons (Fsp3) is 0.444. The maximum absolute atomic E-state index is 12.6. The Bertz CT molecular complexity index is 693. The van der Waals surface area contributed by atoms with E-state index in [2.05, 4.69) is 32.0 Å². The Kier molecular flexibility index (Phi) is 4.21. The average molecular weight is 323 g/mol. The number of rotatable bonds is 3. The third kappa shape index (κ3) is 3.14. The second-order valence-corrected chi connectivity index (χ2v) is 6.70. The second-order valence-electron chi connectivity index (χ2n) is 6.70. The Morgan fingerprint density at radius 3 is 2.67 bits per heavy atom. The van der Waals surface area contributed by atoms with E-state index in [1.165, 1.54) is 5.56 Å². The van der Waals surface area contributed by atoms with Gasteiger partial charge in [0, 0.05) is 57.5 Å². The lowest BCUT2D eigenvalue weighted by molar-refractivity contribution is 0.0635. The zero-order chi connectivity index (χ0) is 16.4. The van der Waals surface area contributed by atoms with Crippen LogP contribution in [0, 0.1) is 11.8 Å². The first-order valence-electron chi connectivity index (χ1n) is 8.46. The zero-order valence-electron chi connectivity index (χ0n) is 13.6. The standard InChI is InChI=1S/C18H21N5O/c24-18(17-9-20-6-7-21-17)23-8-3-15-11-22(12-16(15)13-23)10-14-1-4-19-5-2-14/h1-2,4-7,9,15-16H,3,8,10-13H2/t15-,16-/m0/s1.